The maximum atomic E-state index is 14.6. The van der Waals surface area contributed by atoms with E-state index in [2.05, 4.69) is 0 Å². The zero-order valence-electron chi connectivity index (χ0n) is 24.6. The summed E-state index contributed by atoms with van der Waals surface area (Å²) in [6.07, 6.45) is 3.65. The highest BCUT2D eigenvalue weighted by molar-refractivity contribution is 6.46. The molecule has 0 radical (unpaired) electrons. The molecule has 0 unspecified atom stereocenters. The lowest BCUT2D eigenvalue weighted by Gasteiger charge is -2.16. The number of Topliss-reactive ketones (excluding diaryl/α,β-unsaturated/α-hetero) is 1. The van der Waals surface area contributed by atoms with Crippen molar-refractivity contribution in [1.82, 2.24) is 0 Å². The van der Waals surface area contributed by atoms with E-state index in [1.165, 1.54) is 0 Å². The van der Waals surface area contributed by atoms with Crippen molar-refractivity contribution >= 4 is 29.1 Å². The second-order valence-electron chi connectivity index (χ2n) is 9.09. The molecule has 4 aromatic carbocycles. The summed E-state index contributed by atoms with van der Waals surface area (Å²) >= 11 is 0. The second kappa shape index (κ2) is 13.9. The van der Waals surface area contributed by atoms with Crippen molar-refractivity contribution in [3.8, 4) is 34.5 Å². The molecule has 0 amide bonds. The van der Waals surface area contributed by atoms with Crippen LogP contribution in [0.1, 0.15) is 22.3 Å². The fraction of sp³-hybridized carbons (Fsp3) is 0.171. The third-order valence-electron chi connectivity index (χ3n) is 6.65. The first kappa shape index (κ1) is 29.8. The molecule has 0 aliphatic rings. The Morgan fingerprint density at radius 1 is 0.476 bits per heavy atom. The molecule has 4 aromatic rings. The number of ether oxygens (including phenoxy) is 6. The predicted octanol–water partition coefficient (Wildman–Crippen LogP) is 7.09. The van der Waals surface area contributed by atoms with E-state index in [1.807, 2.05) is 97.1 Å². The van der Waals surface area contributed by atoms with Gasteiger partial charge < -0.3 is 28.4 Å². The first-order valence-corrected chi connectivity index (χ1v) is 13.2. The number of carbonyl (C=O) groups is 1. The summed E-state index contributed by atoms with van der Waals surface area (Å²) in [5, 5.41) is 0. The van der Waals surface area contributed by atoms with Gasteiger partial charge in [0.25, 0.3) is 0 Å². The summed E-state index contributed by atoms with van der Waals surface area (Å²) in [6.45, 7) is 0. The minimum atomic E-state index is -0.185. The van der Waals surface area contributed by atoms with Crippen LogP contribution >= 0.6 is 0 Å². The molecule has 42 heavy (non-hydrogen) atoms. The van der Waals surface area contributed by atoms with Gasteiger partial charge in [-0.15, -0.1) is 0 Å². The molecule has 0 spiro atoms. The van der Waals surface area contributed by atoms with Crippen LogP contribution in [0.3, 0.4) is 0 Å². The van der Waals surface area contributed by atoms with Crippen LogP contribution in [0.25, 0.3) is 23.3 Å². The van der Waals surface area contributed by atoms with E-state index in [0.29, 0.717) is 56.8 Å². The summed E-state index contributed by atoms with van der Waals surface area (Å²) in [5.74, 6) is 2.70. The minimum Gasteiger partial charge on any atom is -0.493 e. The fourth-order valence-corrected chi connectivity index (χ4v) is 4.64. The summed E-state index contributed by atoms with van der Waals surface area (Å²) < 4.78 is 33.2. The summed E-state index contributed by atoms with van der Waals surface area (Å²) in [7, 11) is 9.33. The maximum absolute atomic E-state index is 14.6. The van der Waals surface area contributed by atoms with Gasteiger partial charge in [-0.3, -0.25) is 4.79 Å². The van der Waals surface area contributed by atoms with Crippen molar-refractivity contribution in [2.75, 3.05) is 42.7 Å². The Hall–Kier alpha value is -5.17. The lowest BCUT2D eigenvalue weighted by Crippen LogP contribution is -2.06. The molecular formula is C35H34O7. The van der Waals surface area contributed by atoms with Crippen LogP contribution in [0.2, 0.25) is 0 Å². The van der Waals surface area contributed by atoms with Crippen molar-refractivity contribution in [2.24, 2.45) is 0 Å². The van der Waals surface area contributed by atoms with E-state index in [1.54, 1.807) is 42.7 Å². The quantitative estimate of drug-likeness (QED) is 0.134. The summed E-state index contributed by atoms with van der Waals surface area (Å²) in [5.41, 5.74) is 3.87. The van der Waals surface area contributed by atoms with Gasteiger partial charge in [-0.2, -0.15) is 0 Å². The van der Waals surface area contributed by atoms with E-state index < -0.39 is 0 Å². The molecule has 0 fully saturated rings. The van der Waals surface area contributed by atoms with Crippen LogP contribution in [-0.4, -0.2) is 48.4 Å². The van der Waals surface area contributed by atoms with Gasteiger partial charge in [0.15, 0.2) is 28.8 Å². The van der Waals surface area contributed by atoms with E-state index in [-0.39, 0.29) is 5.78 Å². The number of ketones is 1. The largest absolute Gasteiger partial charge is 0.493 e. The smallest absolute Gasteiger partial charge is 0.203 e. The lowest BCUT2D eigenvalue weighted by atomic mass is 9.90. The number of allylic oxidation sites excluding steroid dienone is 2. The van der Waals surface area contributed by atoms with Crippen LogP contribution in [0, 0.1) is 0 Å². The Morgan fingerprint density at radius 2 is 0.786 bits per heavy atom. The van der Waals surface area contributed by atoms with E-state index in [9.17, 15) is 4.79 Å². The molecule has 0 heterocycles. The van der Waals surface area contributed by atoms with Crippen molar-refractivity contribution < 1.29 is 33.2 Å². The number of benzene rings is 4. The summed E-state index contributed by atoms with van der Waals surface area (Å²) in [4.78, 5) is 14.6. The molecule has 216 valence electrons. The van der Waals surface area contributed by atoms with Gasteiger partial charge in [-0.25, -0.2) is 0 Å². The number of rotatable bonds is 12. The highest BCUT2D eigenvalue weighted by atomic mass is 16.5. The van der Waals surface area contributed by atoms with Crippen molar-refractivity contribution in [2.45, 2.75) is 0 Å². The molecule has 4 rings (SSSR count). The molecule has 7 nitrogen and oxygen atoms in total. The minimum absolute atomic E-state index is 0.185. The standard InChI is InChI=1S/C35H34O7/c1-37-29-19-23(20-30(38-2)34(29)41-5)17-27(25-13-9-7-10-14-25)33(36)28(26-15-11-8-12-16-26)18-24-21-31(39-3)35(42-6)32(22-24)40-4/h7-22H,1-6H3. The van der Waals surface area contributed by atoms with Crippen LogP contribution < -0.4 is 28.4 Å². The van der Waals surface area contributed by atoms with Crippen molar-refractivity contribution in [3.63, 3.8) is 0 Å². The van der Waals surface area contributed by atoms with Crippen LogP contribution in [0.15, 0.2) is 84.9 Å². The van der Waals surface area contributed by atoms with Gasteiger partial charge in [0.1, 0.15) is 0 Å². The normalized spacial score (nSPS) is 11.5. The van der Waals surface area contributed by atoms with Gasteiger partial charge in [0, 0.05) is 11.1 Å². The van der Waals surface area contributed by atoms with Gasteiger partial charge in [0.05, 0.1) is 42.7 Å². The van der Waals surface area contributed by atoms with Crippen molar-refractivity contribution in [3.05, 3.63) is 107 Å². The average Bonchev–Trinajstić information content (AvgIpc) is 3.05. The van der Waals surface area contributed by atoms with E-state index in [4.69, 9.17) is 28.4 Å². The fourth-order valence-electron chi connectivity index (χ4n) is 4.64. The summed E-state index contributed by atoms with van der Waals surface area (Å²) in [6, 6.07) is 26.3. The monoisotopic (exact) mass is 566 g/mol. The lowest BCUT2D eigenvalue weighted by molar-refractivity contribution is -0.108. The molecule has 0 saturated carbocycles. The van der Waals surface area contributed by atoms with Gasteiger partial charge in [-0.1, -0.05) is 60.7 Å². The van der Waals surface area contributed by atoms with Gasteiger partial charge >= 0.3 is 0 Å². The predicted molar refractivity (Wildman–Crippen MR) is 166 cm³/mol. The van der Waals surface area contributed by atoms with Crippen molar-refractivity contribution in [1.29, 1.82) is 0 Å². The molecule has 0 N–H and O–H groups in total. The third-order valence-corrected chi connectivity index (χ3v) is 6.65. The number of carbonyl (C=O) groups excluding carboxylic acids is 1. The molecule has 0 saturated heterocycles. The Bertz CT molecular complexity index is 1420. The maximum Gasteiger partial charge on any atom is 0.203 e. The first-order valence-electron chi connectivity index (χ1n) is 13.2. The third kappa shape index (κ3) is 6.41. The van der Waals surface area contributed by atoms with E-state index >= 15 is 0 Å². The van der Waals surface area contributed by atoms with Crippen LogP contribution in [-0.2, 0) is 4.79 Å². The molecule has 0 atom stereocenters. The molecular weight excluding hydrogens is 532 g/mol. The number of hydrogen-bond donors (Lipinski definition) is 0. The Labute approximate surface area is 246 Å². The van der Waals surface area contributed by atoms with E-state index in [0.717, 1.165) is 11.1 Å². The first-order chi connectivity index (χ1) is 20.5. The average molecular weight is 567 g/mol. The Morgan fingerprint density at radius 3 is 1.05 bits per heavy atom. The molecule has 0 bridgehead atoms. The highest BCUT2D eigenvalue weighted by Crippen LogP contribution is 2.41. The Kier molecular flexibility index (Phi) is 9.90. The molecule has 0 aromatic heterocycles. The van der Waals surface area contributed by atoms with Gasteiger partial charge in [-0.05, 0) is 58.7 Å². The zero-order valence-corrected chi connectivity index (χ0v) is 24.6. The van der Waals surface area contributed by atoms with Crippen LogP contribution in [0.5, 0.6) is 34.5 Å². The van der Waals surface area contributed by atoms with Gasteiger partial charge in [0.2, 0.25) is 11.5 Å². The SMILES string of the molecule is COc1cc(C=C(C(=O)C(=Cc2cc(OC)c(OC)c(OC)c2)c2ccccc2)c2ccccc2)cc(OC)c1OC. The Balaban J connectivity index is 1.96. The van der Waals surface area contributed by atoms with Crippen LogP contribution in [0.4, 0.5) is 0 Å². The molecule has 7 heteroatoms. The second-order valence-corrected chi connectivity index (χ2v) is 9.09. The topological polar surface area (TPSA) is 72.5 Å². The zero-order chi connectivity index (χ0) is 30.1. The number of hydrogen-bond acceptors (Lipinski definition) is 7. The number of methoxy groups -OCH3 is 6. The molecule has 0 aliphatic heterocycles. The highest BCUT2D eigenvalue weighted by Gasteiger charge is 2.21. The molecule has 0 aliphatic carbocycles.